The van der Waals surface area contributed by atoms with E-state index >= 15 is 0 Å². The van der Waals surface area contributed by atoms with Crippen molar-refractivity contribution in [1.82, 2.24) is 10.3 Å². The Morgan fingerprint density at radius 1 is 1.32 bits per heavy atom. The topological polar surface area (TPSA) is 55.1 Å². The van der Waals surface area contributed by atoms with Crippen molar-refractivity contribution in [2.45, 2.75) is 55.2 Å². The zero-order valence-corrected chi connectivity index (χ0v) is 14.4. The summed E-state index contributed by atoms with van der Waals surface area (Å²) in [5.74, 6) is 1.08. The number of carbonyl (C=O) groups excluding carboxylic acids is 1. The van der Waals surface area contributed by atoms with Crippen molar-refractivity contribution in [3.8, 4) is 0 Å². The molecule has 1 amide bonds. The van der Waals surface area contributed by atoms with Crippen LogP contribution in [0.1, 0.15) is 47.7 Å². The summed E-state index contributed by atoms with van der Waals surface area (Å²) in [6.07, 6.45) is 4.28. The molecule has 4 nitrogen and oxygen atoms in total. The van der Waals surface area contributed by atoms with E-state index in [2.05, 4.69) is 15.7 Å². The van der Waals surface area contributed by atoms with Crippen molar-refractivity contribution >= 4 is 29.0 Å². The molecule has 118 valence electrons. The fraction of sp³-hybridized carbons (Fsp3) is 0.500. The number of hydrogen-bond acceptors (Lipinski definition) is 5. The Morgan fingerprint density at radius 2 is 2.09 bits per heavy atom. The van der Waals surface area contributed by atoms with Crippen LogP contribution in [-0.4, -0.2) is 22.2 Å². The van der Waals surface area contributed by atoms with Crippen LogP contribution in [-0.2, 0) is 0 Å². The van der Waals surface area contributed by atoms with E-state index in [4.69, 9.17) is 4.42 Å². The normalized spacial score (nSPS) is 21.7. The Morgan fingerprint density at radius 3 is 2.68 bits per heavy atom. The lowest BCUT2D eigenvalue weighted by Gasteiger charge is -2.27. The van der Waals surface area contributed by atoms with Gasteiger partial charge in [-0.1, -0.05) is 11.8 Å². The molecule has 2 aromatic rings. The quantitative estimate of drug-likeness (QED) is 0.910. The van der Waals surface area contributed by atoms with E-state index in [9.17, 15) is 4.79 Å². The van der Waals surface area contributed by atoms with Crippen molar-refractivity contribution in [1.29, 1.82) is 0 Å². The number of aryl methyl sites for hydroxylation is 2. The second-order valence-corrected chi connectivity index (χ2v) is 8.14. The minimum absolute atomic E-state index is 0.0975. The van der Waals surface area contributed by atoms with Gasteiger partial charge in [0.2, 0.25) is 0 Å². The molecule has 1 aliphatic rings. The molecule has 1 aliphatic carbocycles. The molecule has 0 spiro atoms. The number of hydrogen-bond donors (Lipinski definition) is 1. The third kappa shape index (κ3) is 3.93. The highest BCUT2D eigenvalue weighted by molar-refractivity contribution is 8.01. The number of rotatable bonds is 4. The minimum atomic E-state index is -0.0975. The van der Waals surface area contributed by atoms with Crippen LogP contribution in [0.3, 0.4) is 0 Å². The highest BCUT2D eigenvalue weighted by atomic mass is 32.2. The summed E-state index contributed by atoms with van der Waals surface area (Å²) in [4.78, 5) is 16.6. The second-order valence-electron chi connectivity index (χ2n) is 5.73. The summed E-state index contributed by atoms with van der Waals surface area (Å²) in [6, 6.07) is 3.81. The van der Waals surface area contributed by atoms with Gasteiger partial charge < -0.3 is 9.73 Å². The lowest BCUT2D eigenvalue weighted by Crippen LogP contribution is -2.37. The number of carbonyl (C=O) groups is 1. The first-order chi connectivity index (χ1) is 10.6. The maximum atomic E-state index is 12.1. The van der Waals surface area contributed by atoms with Gasteiger partial charge in [0, 0.05) is 22.4 Å². The van der Waals surface area contributed by atoms with E-state index in [1.54, 1.807) is 17.4 Å². The zero-order valence-electron chi connectivity index (χ0n) is 12.8. The Kier molecular flexibility index (Phi) is 4.88. The lowest BCUT2D eigenvalue weighted by atomic mass is 9.95. The lowest BCUT2D eigenvalue weighted by molar-refractivity contribution is 0.0898. The fourth-order valence-corrected chi connectivity index (χ4v) is 4.95. The maximum absolute atomic E-state index is 12.1. The summed E-state index contributed by atoms with van der Waals surface area (Å²) in [6.45, 7) is 3.88. The van der Waals surface area contributed by atoms with Crippen molar-refractivity contribution in [3.05, 3.63) is 34.7 Å². The smallest absolute Gasteiger partial charge is 0.287 e. The number of aromatic nitrogens is 1. The third-order valence-electron chi connectivity index (χ3n) is 3.84. The molecule has 3 rings (SSSR count). The van der Waals surface area contributed by atoms with Gasteiger partial charge in [0.05, 0.1) is 0 Å². The van der Waals surface area contributed by atoms with Gasteiger partial charge in [-0.25, -0.2) is 4.98 Å². The van der Waals surface area contributed by atoms with Gasteiger partial charge in [0.15, 0.2) is 5.76 Å². The van der Waals surface area contributed by atoms with E-state index < -0.39 is 0 Å². The Balaban J connectivity index is 1.46. The van der Waals surface area contributed by atoms with Crippen LogP contribution < -0.4 is 5.32 Å². The average Bonchev–Trinajstić information content (AvgIpc) is 3.10. The SMILES string of the molecule is Cc1csc(SC2CCC(NC(=O)c3ccc(C)o3)CC2)n1. The molecular weight excluding hydrogens is 316 g/mol. The molecule has 0 unspecified atom stereocenters. The third-order valence-corrected chi connectivity index (χ3v) is 6.27. The molecule has 2 heterocycles. The largest absolute Gasteiger partial charge is 0.456 e. The molecule has 1 fully saturated rings. The summed E-state index contributed by atoms with van der Waals surface area (Å²) >= 11 is 3.61. The molecule has 0 radical (unpaired) electrons. The Hall–Kier alpha value is -1.27. The highest BCUT2D eigenvalue weighted by Gasteiger charge is 2.24. The van der Waals surface area contributed by atoms with E-state index in [1.807, 2.05) is 31.7 Å². The molecule has 6 heteroatoms. The number of nitrogens with zero attached hydrogens (tertiary/aromatic N) is 1. The predicted molar refractivity (Wildman–Crippen MR) is 89.7 cm³/mol. The number of thioether (sulfide) groups is 1. The van der Waals surface area contributed by atoms with Crippen LogP contribution in [0.2, 0.25) is 0 Å². The van der Waals surface area contributed by atoms with Gasteiger partial charge >= 0.3 is 0 Å². The number of amides is 1. The molecule has 0 atom stereocenters. The van der Waals surface area contributed by atoms with E-state index in [1.165, 1.54) is 0 Å². The van der Waals surface area contributed by atoms with Gasteiger partial charge in [-0.2, -0.15) is 0 Å². The van der Waals surface area contributed by atoms with Gasteiger partial charge in [-0.3, -0.25) is 4.79 Å². The van der Waals surface area contributed by atoms with Crippen molar-refractivity contribution in [2.24, 2.45) is 0 Å². The van der Waals surface area contributed by atoms with Crippen molar-refractivity contribution in [3.63, 3.8) is 0 Å². The first-order valence-electron chi connectivity index (χ1n) is 7.56. The molecule has 0 aliphatic heterocycles. The molecule has 1 N–H and O–H groups in total. The van der Waals surface area contributed by atoms with E-state index in [0.717, 1.165) is 41.5 Å². The molecule has 22 heavy (non-hydrogen) atoms. The van der Waals surface area contributed by atoms with Gasteiger partial charge in [0.25, 0.3) is 5.91 Å². The summed E-state index contributed by atoms with van der Waals surface area (Å²) in [7, 11) is 0. The number of nitrogens with one attached hydrogen (secondary N) is 1. The van der Waals surface area contributed by atoms with Gasteiger partial charge in [0.1, 0.15) is 10.1 Å². The molecular formula is C16H20N2O2S2. The Labute approximate surface area is 138 Å². The maximum Gasteiger partial charge on any atom is 0.287 e. The van der Waals surface area contributed by atoms with E-state index in [0.29, 0.717) is 11.0 Å². The molecule has 2 aromatic heterocycles. The Bertz CT molecular complexity index is 642. The van der Waals surface area contributed by atoms with Crippen LogP contribution in [0.25, 0.3) is 0 Å². The molecule has 0 saturated heterocycles. The predicted octanol–water partition coefficient (Wildman–Crippen LogP) is 4.19. The van der Waals surface area contributed by atoms with Crippen LogP contribution in [0.5, 0.6) is 0 Å². The fourth-order valence-electron chi connectivity index (χ4n) is 2.67. The molecule has 0 aromatic carbocycles. The molecule has 1 saturated carbocycles. The highest BCUT2D eigenvalue weighted by Crippen LogP contribution is 2.35. The minimum Gasteiger partial charge on any atom is -0.456 e. The number of thiazole rings is 1. The number of furan rings is 1. The van der Waals surface area contributed by atoms with Crippen molar-refractivity contribution < 1.29 is 9.21 Å². The van der Waals surface area contributed by atoms with Crippen LogP contribution in [0.4, 0.5) is 0 Å². The summed E-state index contributed by atoms with van der Waals surface area (Å²) in [5.41, 5.74) is 1.10. The first kappa shape index (κ1) is 15.6. The van der Waals surface area contributed by atoms with Crippen LogP contribution in [0.15, 0.2) is 26.3 Å². The van der Waals surface area contributed by atoms with E-state index in [-0.39, 0.29) is 11.9 Å². The monoisotopic (exact) mass is 336 g/mol. The van der Waals surface area contributed by atoms with Crippen LogP contribution >= 0.6 is 23.1 Å². The van der Waals surface area contributed by atoms with Gasteiger partial charge in [-0.15, -0.1) is 11.3 Å². The second kappa shape index (κ2) is 6.87. The molecule has 0 bridgehead atoms. The standard InChI is InChI=1S/C16H20N2O2S2/c1-10-9-21-16(17-10)22-13-6-4-12(5-7-13)18-15(19)14-8-3-11(2)20-14/h3,8-9,12-13H,4-7H2,1-2H3,(H,18,19). The van der Waals surface area contributed by atoms with Crippen LogP contribution in [0, 0.1) is 13.8 Å². The average molecular weight is 336 g/mol. The summed E-state index contributed by atoms with van der Waals surface area (Å²) in [5, 5.41) is 5.79. The zero-order chi connectivity index (χ0) is 15.5. The first-order valence-corrected chi connectivity index (χ1v) is 9.32. The van der Waals surface area contributed by atoms with Gasteiger partial charge in [-0.05, 0) is 51.7 Å². The van der Waals surface area contributed by atoms with Crippen molar-refractivity contribution in [2.75, 3.05) is 0 Å². The summed E-state index contributed by atoms with van der Waals surface area (Å²) < 4.78 is 6.53.